The fourth-order valence-corrected chi connectivity index (χ4v) is 8.76. The minimum absolute atomic E-state index is 0.112. The van der Waals surface area contributed by atoms with Gasteiger partial charge in [0.2, 0.25) is 13.6 Å². The molecule has 6 heterocycles. The van der Waals surface area contributed by atoms with E-state index in [1.807, 2.05) is 57.7 Å². The summed E-state index contributed by atoms with van der Waals surface area (Å²) < 4.78 is 56.9. The van der Waals surface area contributed by atoms with Crippen molar-refractivity contribution < 1.29 is 27.7 Å². The number of hydrogen-bond donors (Lipinski definition) is 0. The minimum atomic E-state index is -0.796. The monoisotopic (exact) mass is 842 g/mol. The van der Waals surface area contributed by atoms with Crippen molar-refractivity contribution in [2.24, 2.45) is 0 Å². The lowest BCUT2D eigenvalue weighted by Gasteiger charge is -2.18. The van der Waals surface area contributed by atoms with Crippen molar-refractivity contribution in [3.63, 3.8) is 0 Å². The van der Waals surface area contributed by atoms with Crippen LogP contribution in [0.1, 0.15) is 23.0 Å². The highest BCUT2D eigenvalue weighted by atomic mass is 19.1. The maximum atomic E-state index is 15.6. The summed E-state index contributed by atoms with van der Waals surface area (Å²) in [5, 5.41) is 22.4. The predicted octanol–water partition coefficient (Wildman–Crippen LogP) is 10.4. The molecule has 0 amide bonds. The van der Waals surface area contributed by atoms with Crippen LogP contribution in [0.4, 0.5) is 8.78 Å². The van der Waals surface area contributed by atoms with E-state index in [-0.39, 0.29) is 13.6 Å². The largest absolute Gasteiger partial charge is 0.454 e. The van der Waals surface area contributed by atoms with E-state index < -0.39 is 23.5 Å². The highest BCUT2D eigenvalue weighted by Crippen LogP contribution is 2.41. The smallest absolute Gasteiger partial charge is 0.231 e. The van der Waals surface area contributed by atoms with Gasteiger partial charge in [-0.05, 0) is 82.9 Å². The van der Waals surface area contributed by atoms with Crippen LogP contribution < -0.4 is 18.9 Å². The first kappa shape index (κ1) is 36.9. The first-order valence-electron chi connectivity index (χ1n) is 20.1. The highest BCUT2D eigenvalue weighted by Gasteiger charge is 2.26. The number of rotatable bonds is 7. The first-order valence-corrected chi connectivity index (χ1v) is 20.1. The lowest BCUT2D eigenvalue weighted by molar-refractivity contribution is 0.173. The van der Waals surface area contributed by atoms with Gasteiger partial charge < -0.3 is 18.9 Å². The Labute approximate surface area is 361 Å². The number of hydrogen-bond acceptors (Lipinski definition) is 10. The number of benzene rings is 6. The third kappa shape index (κ3) is 5.85. The van der Waals surface area contributed by atoms with Crippen LogP contribution in [0.15, 0.2) is 134 Å². The summed E-state index contributed by atoms with van der Waals surface area (Å²) in [4.78, 5) is 18.2. The van der Waals surface area contributed by atoms with E-state index in [1.54, 1.807) is 73.6 Å². The Morgan fingerprint density at radius 3 is 1.33 bits per heavy atom. The van der Waals surface area contributed by atoms with Crippen LogP contribution in [0.2, 0.25) is 0 Å². The van der Waals surface area contributed by atoms with Crippen molar-refractivity contribution in [2.75, 3.05) is 13.6 Å². The molecule has 0 saturated carbocycles. The molecule has 0 bridgehead atoms. The average Bonchev–Trinajstić information content (AvgIpc) is 4.17. The van der Waals surface area contributed by atoms with Crippen LogP contribution in [-0.4, -0.2) is 42.7 Å². The molecule has 0 fully saturated rings. The van der Waals surface area contributed by atoms with Crippen LogP contribution in [0.25, 0.3) is 77.5 Å². The van der Waals surface area contributed by atoms with Gasteiger partial charge in [0.1, 0.15) is 35.3 Å². The number of nitriles is 2. The molecule has 0 radical (unpaired) electrons. The Morgan fingerprint density at radius 2 is 0.906 bits per heavy atom. The van der Waals surface area contributed by atoms with Crippen molar-refractivity contribution in [2.45, 2.75) is 11.8 Å². The number of pyridine rings is 2. The second kappa shape index (κ2) is 14.4. The van der Waals surface area contributed by atoms with E-state index in [9.17, 15) is 10.5 Å². The summed E-state index contributed by atoms with van der Waals surface area (Å²) in [6.45, 7) is 0.224. The third-order valence-electron chi connectivity index (χ3n) is 12.0. The Bertz CT molecular complexity index is 3410. The predicted molar refractivity (Wildman–Crippen MR) is 232 cm³/mol. The van der Waals surface area contributed by atoms with Gasteiger partial charge in [-0.3, -0.25) is 19.1 Å². The zero-order chi connectivity index (χ0) is 43.1. The van der Waals surface area contributed by atoms with Crippen LogP contribution >= 0.6 is 0 Å². The molecule has 12 nitrogen and oxygen atoms in total. The lowest BCUT2D eigenvalue weighted by atomic mass is 9.83. The molecule has 2 aliphatic heterocycles. The minimum Gasteiger partial charge on any atom is -0.454 e. The molecule has 2 atom stereocenters. The van der Waals surface area contributed by atoms with Crippen LogP contribution in [-0.2, 0) is 0 Å². The van der Waals surface area contributed by atoms with Gasteiger partial charge in [-0.25, -0.2) is 18.7 Å². The SMILES string of the molecule is N#CC(c1ccc(-n2cnc3cnc4cc(F)c(-c5ccc6c(c5)OCO6)cc4c32)cc1)C(C#N)c1ccc(-n2cnc3cnc4cc(F)c(-c5ccc6c(c5)OCO6)cc4c32)cc1. The van der Waals surface area contributed by atoms with Crippen LogP contribution in [0.3, 0.4) is 0 Å². The fourth-order valence-electron chi connectivity index (χ4n) is 8.76. The fraction of sp³-hybridized carbons (Fsp3) is 0.0800. The Kier molecular flexibility index (Phi) is 8.29. The van der Waals surface area contributed by atoms with Gasteiger partial charge >= 0.3 is 0 Å². The van der Waals surface area contributed by atoms with Crippen molar-refractivity contribution in [3.8, 4) is 68.8 Å². The highest BCUT2D eigenvalue weighted by molar-refractivity contribution is 6.05. The molecular weight excluding hydrogens is 815 g/mol. The van der Waals surface area contributed by atoms with Crippen molar-refractivity contribution >= 4 is 43.9 Å². The molecule has 0 aliphatic carbocycles. The van der Waals surface area contributed by atoms with E-state index in [0.29, 0.717) is 89.2 Å². The summed E-state index contributed by atoms with van der Waals surface area (Å²) in [5.74, 6) is -0.133. The van der Waals surface area contributed by atoms with E-state index in [0.717, 1.165) is 22.4 Å². The van der Waals surface area contributed by atoms with E-state index in [4.69, 9.17) is 18.9 Å². The topological polar surface area (TPSA) is 146 Å². The van der Waals surface area contributed by atoms with Gasteiger partial charge in [-0.15, -0.1) is 0 Å². The normalized spacial score (nSPS) is 13.7. The summed E-state index contributed by atoms with van der Waals surface area (Å²) in [7, 11) is 0. The van der Waals surface area contributed by atoms with Gasteiger partial charge in [-0.1, -0.05) is 36.4 Å². The second-order valence-electron chi connectivity index (χ2n) is 15.4. The zero-order valence-corrected chi connectivity index (χ0v) is 33.2. The molecule has 14 heteroatoms. The van der Waals surface area contributed by atoms with Gasteiger partial charge in [0.15, 0.2) is 23.0 Å². The quantitative estimate of drug-likeness (QED) is 0.152. The zero-order valence-electron chi connectivity index (χ0n) is 33.2. The van der Waals surface area contributed by atoms with Crippen molar-refractivity contribution in [3.05, 3.63) is 157 Å². The molecule has 306 valence electrons. The number of imidazole rings is 2. The summed E-state index contributed by atoms with van der Waals surface area (Å²) in [6.07, 6.45) is 6.60. The van der Waals surface area contributed by atoms with Crippen molar-refractivity contribution in [1.29, 1.82) is 10.5 Å². The van der Waals surface area contributed by atoms with E-state index >= 15 is 8.78 Å². The molecule has 12 rings (SSSR count). The molecule has 4 aromatic heterocycles. The molecular formula is C50H28F2N8O4. The van der Waals surface area contributed by atoms with Gasteiger partial charge in [0.25, 0.3) is 0 Å². The number of ether oxygens (including phenoxy) is 4. The molecule has 0 spiro atoms. The molecule has 0 saturated heterocycles. The van der Waals surface area contributed by atoms with E-state index in [1.165, 1.54) is 12.1 Å². The average molecular weight is 843 g/mol. The lowest BCUT2D eigenvalue weighted by Crippen LogP contribution is -2.09. The Hall–Kier alpha value is -8.88. The Morgan fingerprint density at radius 1 is 0.484 bits per heavy atom. The number of aromatic nitrogens is 6. The van der Waals surface area contributed by atoms with E-state index in [2.05, 4.69) is 32.1 Å². The van der Waals surface area contributed by atoms with Gasteiger partial charge in [0.05, 0.1) is 58.4 Å². The van der Waals surface area contributed by atoms with Gasteiger partial charge in [-0.2, -0.15) is 10.5 Å². The Balaban J connectivity index is 0.852. The molecule has 6 aromatic carbocycles. The summed E-state index contributed by atoms with van der Waals surface area (Å²) >= 11 is 0. The number of fused-ring (bicyclic) bond motifs is 8. The third-order valence-corrected chi connectivity index (χ3v) is 12.0. The van der Waals surface area contributed by atoms with Crippen LogP contribution in [0, 0.1) is 34.3 Å². The maximum Gasteiger partial charge on any atom is 0.231 e. The van der Waals surface area contributed by atoms with Gasteiger partial charge in [0, 0.05) is 45.4 Å². The standard InChI is InChI=1S/C50H28F2N8O4/c51-39-17-41-35(15-33(39)29-5-11-45-47(13-29)63-25-61-45)49-43(21-55-41)57-23-59(49)31-7-1-27(2-8-31)37(19-53)38(20-54)28-3-9-32(10-4-28)60-24-58-44-22-56-42-18-40(52)34(16-36(42)50(44)60)30-6-12-46-48(14-30)64-26-62-46/h1-18,21-24,37-38H,25-26H2. The summed E-state index contributed by atoms with van der Waals surface area (Å²) in [6, 6.07) is 36.6. The number of halogens is 2. The molecule has 2 unspecified atom stereocenters. The second-order valence-corrected chi connectivity index (χ2v) is 15.4. The maximum absolute atomic E-state index is 15.6. The molecule has 2 aliphatic rings. The van der Waals surface area contributed by atoms with Crippen molar-refractivity contribution in [1.82, 2.24) is 29.1 Å². The first-order chi connectivity index (χ1) is 31.4. The van der Waals surface area contributed by atoms with Crippen LogP contribution in [0.5, 0.6) is 23.0 Å². The number of nitrogens with zero attached hydrogens (tertiary/aromatic N) is 8. The summed E-state index contributed by atoms with van der Waals surface area (Å²) in [5.41, 5.74) is 8.50. The molecule has 64 heavy (non-hydrogen) atoms. The molecule has 0 N–H and O–H groups in total. The molecule has 10 aromatic rings.